The number of amides is 1. The van der Waals surface area contributed by atoms with Gasteiger partial charge in [0.05, 0.1) is 11.9 Å². The van der Waals surface area contributed by atoms with Crippen molar-refractivity contribution in [1.82, 2.24) is 10.3 Å². The molecule has 0 spiro atoms. The number of carbonyl (C=O) groups excluding carboxylic acids is 1. The van der Waals surface area contributed by atoms with Crippen molar-refractivity contribution >= 4 is 16.8 Å². The lowest BCUT2D eigenvalue weighted by atomic mass is 10.1. The summed E-state index contributed by atoms with van der Waals surface area (Å²) in [7, 11) is 0. The van der Waals surface area contributed by atoms with Crippen LogP contribution in [0.25, 0.3) is 10.9 Å². The van der Waals surface area contributed by atoms with Crippen molar-refractivity contribution in [2.45, 2.75) is 26.3 Å². The SMILES string of the molecule is CC(C)NC(=O)Cc1cccc2cccnc12. The predicted octanol–water partition coefficient (Wildman–Crippen LogP) is 2.30. The van der Waals surface area contributed by atoms with Crippen LogP contribution in [0, 0.1) is 0 Å². The zero-order valence-electron chi connectivity index (χ0n) is 10.1. The standard InChI is InChI=1S/C14H16N2O/c1-10(2)16-13(17)9-12-6-3-5-11-7-4-8-15-14(11)12/h3-8,10H,9H2,1-2H3,(H,16,17). The number of hydrogen-bond acceptors (Lipinski definition) is 2. The van der Waals surface area contributed by atoms with E-state index in [9.17, 15) is 4.79 Å². The van der Waals surface area contributed by atoms with Gasteiger partial charge in [-0.2, -0.15) is 0 Å². The number of rotatable bonds is 3. The van der Waals surface area contributed by atoms with Crippen LogP contribution in [0.15, 0.2) is 36.5 Å². The molecule has 0 saturated heterocycles. The average molecular weight is 228 g/mol. The first kappa shape index (κ1) is 11.6. The van der Waals surface area contributed by atoms with Gasteiger partial charge >= 0.3 is 0 Å². The van der Waals surface area contributed by atoms with E-state index >= 15 is 0 Å². The second kappa shape index (κ2) is 4.95. The van der Waals surface area contributed by atoms with Gasteiger partial charge in [-0.1, -0.05) is 24.3 Å². The quantitative estimate of drug-likeness (QED) is 0.875. The first-order valence-corrected chi connectivity index (χ1v) is 5.79. The van der Waals surface area contributed by atoms with Gasteiger partial charge in [-0.15, -0.1) is 0 Å². The molecule has 17 heavy (non-hydrogen) atoms. The average Bonchev–Trinajstić information content (AvgIpc) is 2.28. The maximum atomic E-state index is 11.7. The number of benzene rings is 1. The van der Waals surface area contributed by atoms with Crippen LogP contribution in [0.4, 0.5) is 0 Å². The zero-order valence-corrected chi connectivity index (χ0v) is 10.1. The molecule has 0 bridgehead atoms. The summed E-state index contributed by atoms with van der Waals surface area (Å²) >= 11 is 0. The Hall–Kier alpha value is -1.90. The van der Waals surface area contributed by atoms with E-state index in [4.69, 9.17) is 0 Å². The Morgan fingerprint density at radius 3 is 2.82 bits per heavy atom. The van der Waals surface area contributed by atoms with E-state index in [0.29, 0.717) is 6.42 Å². The lowest BCUT2D eigenvalue weighted by Crippen LogP contribution is -2.31. The van der Waals surface area contributed by atoms with Gasteiger partial charge in [0.25, 0.3) is 0 Å². The number of nitrogens with one attached hydrogen (secondary N) is 1. The second-order valence-electron chi connectivity index (χ2n) is 4.39. The van der Waals surface area contributed by atoms with E-state index in [1.54, 1.807) is 6.20 Å². The van der Waals surface area contributed by atoms with Crippen LogP contribution in [-0.4, -0.2) is 16.9 Å². The molecule has 1 aromatic carbocycles. The number of fused-ring (bicyclic) bond motifs is 1. The molecule has 1 N–H and O–H groups in total. The van der Waals surface area contributed by atoms with Gasteiger partial charge in [0.2, 0.25) is 5.91 Å². The molecule has 0 aliphatic carbocycles. The fourth-order valence-corrected chi connectivity index (χ4v) is 1.86. The smallest absolute Gasteiger partial charge is 0.224 e. The van der Waals surface area contributed by atoms with Crippen LogP contribution in [0.5, 0.6) is 0 Å². The van der Waals surface area contributed by atoms with Crippen LogP contribution in [0.3, 0.4) is 0 Å². The summed E-state index contributed by atoms with van der Waals surface area (Å²) in [4.78, 5) is 16.1. The van der Waals surface area contributed by atoms with Crippen LogP contribution < -0.4 is 5.32 Å². The van der Waals surface area contributed by atoms with Gasteiger partial charge in [0.1, 0.15) is 0 Å². The fourth-order valence-electron chi connectivity index (χ4n) is 1.86. The summed E-state index contributed by atoms with van der Waals surface area (Å²) < 4.78 is 0. The van der Waals surface area contributed by atoms with Crippen molar-refractivity contribution in [3.05, 3.63) is 42.1 Å². The van der Waals surface area contributed by atoms with Gasteiger partial charge in [0.15, 0.2) is 0 Å². The Morgan fingerprint density at radius 2 is 2.06 bits per heavy atom. The summed E-state index contributed by atoms with van der Waals surface area (Å²) in [6.07, 6.45) is 2.14. The van der Waals surface area contributed by atoms with Gasteiger partial charge in [-0.05, 0) is 25.5 Å². The molecule has 2 aromatic rings. The molecule has 0 atom stereocenters. The van der Waals surface area contributed by atoms with E-state index in [0.717, 1.165) is 16.5 Å². The van der Waals surface area contributed by atoms with Crippen molar-refractivity contribution in [2.24, 2.45) is 0 Å². The van der Waals surface area contributed by atoms with E-state index in [1.807, 2.05) is 44.2 Å². The number of para-hydroxylation sites is 1. The number of nitrogens with zero attached hydrogens (tertiary/aromatic N) is 1. The highest BCUT2D eigenvalue weighted by atomic mass is 16.1. The molecule has 1 aromatic heterocycles. The highest BCUT2D eigenvalue weighted by Gasteiger charge is 2.08. The molecule has 0 saturated carbocycles. The zero-order chi connectivity index (χ0) is 12.3. The maximum absolute atomic E-state index is 11.7. The van der Waals surface area contributed by atoms with E-state index in [1.165, 1.54) is 0 Å². The molecule has 0 aliphatic heterocycles. The van der Waals surface area contributed by atoms with Crippen molar-refractivity contribution < 1.29 is 4.79 Å². The Kier molecular flexibility index (Phi) is 3.38. The number of carbonyl (C=O) groups is 1. The largest absolute Gasteiger partial charge is 0.354 e. The number of hydrogen-bond donors (Lipinski definition) is 1. The Balaban J connectivity index is 2.27. The first-order valence-electron chi connectivity index (χ1n) is 5.79. The van der Waals surface area contributed by atoms with Crippen molar-refractivity contribution in [2.75, 3.05) is 0 Å². The van der Waals surface area contributed by atoms with Gasteiger partial charge in [-0.3, -0.25) is 9.78 Å². The molecule has 3 nitrogen and oxygen atoms in total. The van der Waals surface area contributed by atoms with E-state index in [2.05, 4.69) is 10.3 Å². The minimum Gasteiger partial charge on any atom is -0.354 e. The highest BCUT2D eigenvalue weighted by Crippen LogP contribution is 2.16. The molecule has 0 unspecified atom stereocenters. The Morgan fingerprint density at radius 1 is 1.29 bits per heavy atom. The normalized spacial score (nSPS) is 10.8. The summed E-state index contributed by atoms with van der Waals surface area (Å²) in [5.41, 5.74) is 1.88. The molecule has 2 rings (SSSR count). The second-order valence-corrected chi connectivity index (χ2v) is 4.39. The third-order valence-corrected chi connectivity index (χ3v) is 2.52. The van der Waals surface area contributed by atoms with Crippen LogP contribution in [0.1, 0.15) is 19.4 Å². The van der Waals surface area contributed by atoms with Crippen molar-refractivity contribution in [1.29, 1.82) is 0 Å². The predicted molar refractivity (Wildman–Crippen MR) is 68.7 cm³/mol. The lowest BCUT2D eigenvalue weighted by Gasteiger charge is -2.09. The molecule has 0 fully saturated rings. The van der Waals surface area contributed by atoms with E-state index in [-0.39, 0.29) is 11.9 Å². The fraction of sp³-hybridized carbons (Fsp3) is 0.286. The molecular weight excluding hydrogens is 212 g/mol. The highest BCUT2D eigenvalue weighted by molar-refractivity contribution is 5.87. The molecule has 88 valence electrons. The molecule has 0 radical (unpaired) electrons. The molecule has 1 heterocycles. The Bertz CT molecular complexity index is 529. The summed E-state index contributed by atoms with van der Waals surface area (Å²) in [5.74, 6) is 0.0400. The first-order chi connectivity index (χ1) is 8.16. The van der Waals surface area contributed by atoms with Crippen LogP contribution in [0.2, 0.25) is 0 Å². The topological polar surface area (TPSA) is 42.0 Å². The van der Waals surface area contributed by atoms with Crippen LogP contribution >= 0.6 is 0 Å². The van der Waals surface area contributed by atoms with Gasteiger partial charge in [-0.25, -0.2) is 0 Å². The minimum atomic E-state index is 0.0400. The van der Waals surface area contributed by atoms with E-state index < -0.39 is 0 Å². The summed E-state index contributed by atoms with van der Waals surface area (Å²) in [6, 6.07) is 10.0. The van der Waals surface area contributed by atoms with Crippen molar-refractivity contribution in [3.63, 3.8) is 0 Å². The maximum Gasteiger partial charge on any atom is 0.224 e. The van der Waals surface area contributed by atoms with Crippen LogP contribution in [-0.2, 0) is 11.2 Å². The van der Waals surface area contributed by atoms with Crippen molar-refractivity contribution in [3.8, 4) is 0 Å². The summed E-state index contributed by atoms with van der Waals surface area (Å²) in [5, 5.41) is 3.96. The van der Waals surface area contributed by atoms with Gasteiger partial charge in [0, 0.05) is 17.6 Å². The van der Waals surface area contributed by atoms with Gasteiger partial charge < -0.3 is 5.32 Å². The Labute approximate surface area is 101 Å². The monoisotopic (exact) mass is 228 g/mol. The third-order valence-electron chi connectivity index (χ3n) is 2.52. The molecule has 3 heteroatoms. The number of aromatic nitrogens is 1. The molecule has 1 amide bonds. The third kappa shape index (κ3) is 2.81. The molecular formula is C14H16N2O. The minimum absolute atomic E-state index is 0.0400. The number of pyridine rings is 1. The molecule has 0 aliphatic rings. The lowest BCUT2D eigenvalue weighted by molar-refractivity contribution is -0.120. The summed E-state index contributed by atoms with van der Waals surface area (Å²) in [6.45, 7) is 3.92.